The average molecular weight is 359 g/mol. The third kappa shape index (κ3) is 3.49. The number of amides is 1. The van der Waals surface area contributed by atoms with Crippen LogP contribution in [0.3, 0.4) is 0 Å². The summed E-state index contributed by atoms with van der Waals surface area (Å²) >= 11 is 0. The number of ether oxygens (including phenoxy) is 1. The number of aromatic nitrogens is 1. The summed E-state index contributed by atoms with van der Waals surface area (Å²) in [6.07, 6.45) is 3.65. The third-order valence-corrected chi connectivity index (χ3v) is 4.72. The van der Waals surface area contributed by atoms with Crippen LogP contribution >= 0.6 is 0 Å². The number of hydrogen-bond acceptors (Lipinski definition) is 4. The van der Waals surface area contributed by atoms with Crippen molar-refractivity contribution in [2.24, 2.45) is 0 Å². The molecule has 0 saturated heterocycles. The maximum Gasteiger partial charge on any atom is 0.276 e. The van der Waals surface area contributed by atoms with Gasteiger partial charge in [-0.15, -0.1) is 0 Å². The number of nitrogens with zero attached hydrogens (tertiary/aromatic N) is 2. The van der Waals surface area contributed by atoms with Crippen LogP contribution in [0.5, 0.6) is 5.75 Å². The van der Waals surface area contributed by atoms with Gasteiger partial charge in [-0.3, -0.25) is 4.79 Å². The number of benzene rings is 2. The van der Waals surface area contributed by atoms with E-state index in [1.54, 1.807) is 19.4 Å². The molecule has 3 aromatic rings. The van der Waals surface area contributed by atoms with Gasteiger partial charge < -0.3 is 15.0 Å². The zero-order chi connectivity index (χ0) is 18.6. The molecule has 0 saturated carbocycles. The van der Waals surface area contributed by atoms with E-state index in [2.05, 4.69) is 16.4 Å². The number of rotatable bonds is 4. The molecule has 5 nitrogen and oxygen atoms in total. The van der Waals surface area contributed by atoms with Gasteiger partial charge in [0.1, 0.15) is 11.4 Å². The van der Waals surface area contributed by atoms with Crippen molar-refractivity contribution in [3.8, 4) is 5.75 Å². The number of pyridine rings is 1. The fraction of sp³-hybridized carbons (Fsp3) is 0.182. The minimum absolute atomic E-state index is 0.0639. The molecule has 2 aromatic carbocycles. The van der Waals surface area contributed by atoms with Crippen molar-refractivity contribution in [1.29, 1.82) is 0 Å². The molecule has 2 heterocycles. The molecule has 1 amide bonds. The lowest BCUT2D eigenvalue weighted by atomic mass is 10.0. The Morgan fingerprint density at radius 1 is 1.07 bits per heavy atom. The number of carbonyl (C=O) groups excluding carboxylic acids is 1. The van der Waals surface area contributed by atoms with E-state index >= 15 is 0 Å². The number of carbonyl (C=O) groups is 1. The van der Waals surface area contributed by atoms with Gasteiger partial charge in [0, 0.05) is 12.2 Å². The molecule has 5 heteroatoms. The maximum absolute atomic E-state index is 13.0. The monoisotopic (exact) mass is 359 g/mol. The molecule has 0 radical (unpaired) electrons. The topological polar surface area (TPSA) is 54.5 Å². The lowest BCUT2D eigenvalue weighted by Crippen LogP contribution is -2.35. The van der Waals surface area contributed by atoms with E-state index in [1.807, 2.05) is 53.4 Å². The van der Waals surface area contributed by atoms with Crippen LogP contribution in [-0.2, 0) is 6.42 Å². The molecule has 27 heavy (non-hydrogen) atoms. The lowest BCUT2D eigenvalue weighted by Gasteiger charge is -2.29. The number of hydrogen-bond donors (Lipinski definition) is 1. The second-order valence-electron chi connectivity index (χ2n) is 6.45. The first-order valence-electron chi connectivity index (χ1n) is 9.02. The van der Waals surface area contributed by atoms with E-state index in [0.717, 1.165) is 42.2 Å². The quantitative estimate of drug-likeness (QED) is 0.749. The van der Waals surface area contributed by atoms with E-state index in [9.17, 15) is 4.79 Å². The van der Waals surface area contributed by atoms with Crippen molar-refractivity contribution >= 4 is 23.0 Å². The first-order chi connectivity index (χ1) is 13.3. The Bertz CT molecular complexity index is 954. The van der Waals surface area contributed by atoms with Gasteiger partial charge in [-0.25, -0.2) is 4.98 Å². The van der Waals surface area contributed by atoms with Crippen LogP contribution in [0.2, 0.25) is 0 Å². The van der Waals surface area contributed by atoms with Gasteiger partial charge in [0.15, 0.2) is 0 Å². The van der Waals surface area contributed by atoms with Gasteiger partial charge in [-0.2, -0.15) is 0 Å². The van der Waals surface area contributed by atoms with E-state index in [1.165, 1.54) is 5.56 Å². The first kappa shape index (κ1) is 17.1. The van der Waals surface area contributed by atoms with Crippen molar-refractivity contribution in [3.63, 3.8) is 0 Å². The smallest absolute Gasteiger partial charge is 0.276 e. The highest BCUT2D eigenvalue weighted by Gasteiger charge is 2.23. The van der Waals surface area contributed by atoms with Crippen molar-refractivity contribution in [3.05, 3.63) is 78.1 Å². The van der Waals surface area contributed by atoms with Crippen LogP contribution in [0, 0.1) is 0 Å². The van der Waals surface area contributed by atoms with Gasteiger partial charge in [0.25, 0.3) is 5.91 Å². The zero-order valence-corrected chi connectivity index (χ0v) is 15.2. The minimum atomic E-state index is -0.0639. The van der Waals surface area contributed by atoms with E-state index < -0.39 is 0 Å². The second-order valence-corrected chi connectivity index (χ2v) is 6.45. The Labute approximate surface area is 158 Å². The molecule has 0 unspecified atom stereocenters. The van der Waals surface area contributed by atoms with E-state index in [-0.39, 0.29) is 5.91 Å². The summed E-state index contributed by atoms with van der Waals surface area (Å²) in [5, 5.41) is 3.27. The maximum atomic E-state index is 13.0. The molecule has 136 valence electrons. The summed E-state index contributed by atoms with van der Waals surface area (Å²) in [6.45, 7) is 0.721. The van der Waals surface area contributed by atoms with Gasteiger partial charge in [-0.05, 0) is 48.7 Å². The highest BCUT2D eigenvalue weighted by Crippen LogP contribution is 2.29. The number of fused-ring (bicyclic) bond motifs is 1. The molecule has 0 atom stereocenters. The molecule has 1 aromatic heterocycles. The van der Waals surface area contributed by atoms with Crippen LogP contribution in [-0.4, -0.2) is 24.5 Å². The van der Waals surface area contributed by atoms with Crippen LogP contribution in [0.1, 0.15) is 22.5 Å². The Hall–Kier alpha value is -3.34. The molecule has 1 aliphatic rings. The molecule has 0 spiro atoms. The Kier molecular flexibility index (Phi) is 4.75. The minimum Gasteiger partial charge on any atom is -0.495 e. The number of anilines is 3. The molecule has 1 aliphatic heterocycles. The van der Waals surface area contributed by atoms with Gasteiger partial charge >= 0.3 is 0 Å². The molecule has 0 aliphatic carbocycles. The van der Waals surface area contributed by atoms with Gasteiger partial charge in [-0.1, -0.05) is 30.3 Å². The number of para-hydroxylation sites is 3. The molecule has 0 bridgehead atoms. The highest BCUT2D eigenvalue weighted by atomic mass is 16.5. The average Bonchev–Trinajstić information content (AvgIpc) is 2.74. The highest BCUT2D eigenvalue weighted by molar-refractivity contribution is 6.05. The lowest BCUT2D eigenvalue weighted by molar-refractivity contribution is 0.0980. The Balaban J connectivity index is 1.54. The molecule has 1 N–H and O–H groups in total. The Morgan fingerprint density at radius 3 is 2.70 bits per heavy atom. The summed E-state index contributed by atoms with van der Waals surface area (Å²) in [5.74, 6) is 0.688. The largest absolute Gasteiger partial charge is 0.495 e. The summed E-state index contributed by atoms with van der Waals surface area (Å²) in [7, 11) is 1.64. The summed E-state index contributed by atoms with van der Waals surface area (Å²) < 4.78 is 5.35. The van der Waals surface area contributed by atoms with Crippen LogP contribution in [0.15, 0.2) is 66.9 Å². The van der Waals surface area contributed by atoms with Crippen molar-refractivity contribution in [2.75, 3.05) is 23.9 Å². The zero-order valence-electron chi connectivity index (χ0n) is 15.2. The predicted molar refractivity (Wildman–Crippen MR) is 107 cm³/mol. The molecular weight excluding hydrogens is 338 g/mol. The molecule has 4 rings (SSSR count). The van der Waals surface area contributed by atoms with Crippen molar-refractivity contribution in [1.82, 2.24) is 4.98 Å². The van der Waals surface area contributed by atoms with Crippen molar-refractivity contribution in [2.45, 2.75) is 12.8 Å². The molecule has 0 fully saturated rings. The van der Waals surface area contributed by atoms with E-state index in [0.29, 0.717) is 5.69 Å². The van der Waals surface area contributed by atoms with Gasteiger partial charge in [0.05, 0.1) is 24.7 Å². The number of nitrogens with one attached hydrogen (secondary N) is 1. The SMILES string of the molecule is COc1ccccc1Nc1ccc(C(=O)N2CCCc3ccccc32)nc1. The van der Waals surface area contributed by atoms with E-state index in [4.69, 9.17) is 4.74 Å². The summed E-state index contributed by atoms with van der Waals surface area (Å²) in [5.41, 5.74) is 4.30. The first-order valence-corrected chi connectivity index (χ1v) is 9.02. The van der Waals surface area contributed by atoms with Crippen LogP contribution in [0.4, 0.5) is 17.1 Å². The third-order valence-electron chi connectivity index (χ3n) is 4.72. The fourth-order valence-electron chi connectivity index (χ4n) is 3.38. The van der Waals surface area contributed by atoms with Crippen molar-refractivity contribution < 1.29 is 9.53 Å². The summed E-state index contributed by atoms with van der Waals surface area (Å²) in [6, 6.07) is 19.4. The normalized spacial score (nSPS) is 13.0. The van der Waals surface area contributed by atoms with Gasteiger partial charge in [0.2, 0.25) is 0 Å². The summed E-state index contributed by atoms with van der Waals surface area (Å²) in [4.78, 5) is 19.2. The number of methoxy groups -OCH3 is 1. The second kappa shape index (κ2) is 7.50. The number of aryl methyl sites for hydroxylation is 1. The standard InChI is InChI=1S/C22H21N3O2/c1-27-21-11-5-3-9-18(21)24-17-12-13-19(23-15-17)22(26)25-14-6-8-16-7-2-4-10-20(16)25/h2-5,7,9-13,15,24H,6,8,14H2,1H3. The van der Waals surface area contributed by atoms with Crippen LogP contribution in [0.25, 0.3) is 0 Å². The molecular formula is C22H21N3O2. The predicted octanol–water partition coefficient (Wildman–Crippen LogP) is 4.43. The van der Waals surface area contributed by atoms with Crippen LogP contribution < -0.4 is 15.0 Å². The fourth-order valence-corrected chi connectivity index (χ4v) is 3.38. The Morgan fingerprint density at radius 2 is 1.89 bits per heavy atom.